The molecule has 0 unspecified atom stereocenters. The molecule has 2 aromatic carbocycles. The maximum atomic E-state index is 11.3. The van der Waals surface area contributed by atoms with Crippen molar-refractivity contribution >= 4 is 5.78 Å². The lowest BCUT2D eigenvalue weighted by Gasteiger charge is -2.25. The third kappa shape index (κ3) is 2.46. The van der Waals surface area contributed by atoms with Crippen LogP contribution in [0, 0.1) is 0 Å². The summed E-state index contributed by atoms with van der Waals surface area (Å²) in [6, 6.07) is 16.7. The van der Waals surface area contributed by atoms with E-state index < -0.39 is 0 Å². The van der Waals surface area contributed by atoms with Crippen LogP contribution in [0.15, 0.2) is 48.5 Å². The van der Waals surface area contributed by atoms with Crippen molar-refractivity contribution in [3.63, 3.8) is 0 Å². The number of hydrogen-bond acceptors (Lipinski definition) is 1. The number of Topliss-reactive ketones (excluding diaryl/α,β-unsaturated/α-hetero) is 1. The van der Waals surface area contributed by atoms with Gasteiger partial charge in [0.1, 0.15) is 0 Å². The monoisotopic (exact) mass is 250 g/mol. The molecule has 0 radical (unpaired) electrons. The predicted molar refractivity (Wildman–Crippen MR) is 78.5 cm³/mol. The van der Waals surface area contributed by atoms with E-state index in [1.807, 2.05) is 24.3 Å². The lowest BCUT2D eigenvalue weighted by Crippen LogP contribution is -2.08. The third-order valence-corrected chi connectivity index (χ3v) is 4.11. The van der Waals surface area contributed by atoms with Crippen molar-refractivity contribution in [1.29, 1.82) is 0 Å². The van der Waals surface area contributed by atoms with Crippen molar-refractivity contribution in [3.05, 3.63) is 59.7 Å². The molecule has 0 atom stereocenters. The van der Waals surface area contributed by atoms with Crippen LogP contribution in [0.1, 0.15) is 48.0 Å². The molecule has 96 valence electrons. The SMILES string of the molecule is CC(=O)c1ccc(-c2ccc(C3CCC3)cc2)cc1. The van der Waals surface area contributed by atoms with Crippen LogP contribution in [0.3, 0.4) is 0 Å². The van der Waals surface area contributed by atoms with Crippen molar-refractivity contribution in [2.45, 2.75) is 32.1 Å². The van der Waals surface area contributed by atoms with E-state index in [1.54, 1.807) is 6.92 Å². The van der Waals surface area contributed by atoms with Gasteiger partial charge in [0.15, 0.2) is 5.78 Å². The molecule has 0 N–H and O–H groups in total. The Morgan fingerprint density at radius 1 is 0.895 bits per heavy atom. The molecule has 1 nitrogen and oxygen atoms in total. The predicted octanol–water partition coefficient (Wildman–Crippen LogP) is 4.82. The van der Waals surface area contributed by atoms with Gasteiger partial charge in [-0.1, -0.05) is 55.0 Å². The summed E-state index contributed by atoms with van der Waals surface area (Å²) in [6.45, 7) is 1.60. The lowest BCUT2D eigenvalue weighted by atomic mass is 9.80. The Morgan fingerprint density at radius 2 is 1.42 bits per heavy atom. The van der Waals surface area contributed by atoms with Crippen LogP contribution in [-0.2, 0) is 0 Å². The van der Waals surface area contributed by atoms with Gasteiger partial charge in [0.2, 0.25) is 0 Å². The molecule has 3 rings (SSSR count). The van der Waals surface area contributed by atoms with E-state index in [-0.39, 0.29) is 5.78 Å². The van der Waals surface area contributed by atoms with Crippen LogP contribution >= 0.6 is 0 Å². The molecule has 19 heavy (non-hydrogen) atoms. The molecule has 0 amide bonds. The quantitative estimate of drug-likeness (QED) is 0.713. The zero-order chi connectivity index (χ0) is 13.2. The van der Waals surface area contributed by atoms with Crippen LogP contribution < -0.4 is 0 Å². The zero-order valence-corrected chi connectivity index (χ0v) is 11.2. The Labute approximate surface area is 114 Å². The smallest absolute Gasteiger partial charge is 0.159 e. The Bertz CT molecular complexity index is 574. The van der Waals surface area contributed by atoms with Gasteiger partial charge >= 0.3 is 0 Å². The summed E-state index contributed by atoms with van der Waals surface area (Å²) in [5, 5.41) is 0. The largest absolute Gasteiger partial charge is 0.295 e. The first-order valence-electron chi connectivity index (χ1n) is 6.95. The minimum absolute atomic E-state index is 0.117. The molecule has 0 aliphatic heterocycles. The van der Waals surface area contributed by atoms with Crippen LogP contribution in [0.25, 0.3) is 11.1 Å². The number of hydrogen-bond donors (Lipinski definition) is 0. The number of benzene rings is 2. The van der Waals surface area contributed by atoms with Crippen molar-refractivity contribution < 1.29 is 4.79 Å². The molecule has 2 aromatic rings. The van der Waals surface area contributed by atoms with E-state index in [0.29, 0.717) is 0 Å². The summed E-state index contributed by atoms with van der Waals surface area (Å²) in [6.07, 6.45) is 4.05. The summed E-state index contributed by atoms with van der Waals surface area (Å²) < 4.78 is 0. The van der Waals surface area contributed by atoms with E-state index in [4.69, 9.17) is 0 Å². The van der Waals surface area contributed by atoms with Crippen LogP contribution in [0.4, 0.5) is 0 Å². The highest BCUT2D eigenvalue weighted by Crippen LogP contribution is 2.36. The third-order valence-electron chi connectivity index (χ3n) is 4.11. The Kier molecular flexibility index (Phi) is 3.20. The van der Waals surface area contributed by atoms with Gasteiger partial charge in [0.05, 0.1) is 0 Å². The molecule has 1 aliphatic rings. The summed E-state index contributed by atoms with van der Waals surface area (Å²) in [5.74, 6) is 0.904. The van der Waals surface area contributed by atoms with E-state index in [1.165, 1.54) is 36.0 Å². The molecule has 0 spiro atoms. The standard InChI is InChI=1S/C18H18O/c1-13(19)14-5-7-17(8-6-14)18-11-9-16(10-12-18)15-3-2-4-15/h5-12,15H,2-4H2,1H3. The van der Waals surface area contributed by atoms with Crippen molar-refractivity contribution in [2.24, 2.45) is 0 Å². The van der Waals surface area contributed by atoms with E-state index >= 15 is 0 Å². The van der Waals surface area contributed by atoms with E-state index in [9.17, 15) is 4.79 Å². The van der Waals surface area contributed by atoms with Gasteiger partial charge < -0.3 is 0 Å². The first kappa shape index (κ1) is 12.2. The molecule has 1 saturated carbocycles. The molecule has 0 bridgehead atoms. The van der Waals surface area contributed by atoms with E-state index in [0.717, 1.165) is 11.5 Å². The van der Waals surface area contributed by atoms with Gasteiger partial charge in [0.25, 0.3) is 0 Å². The van der Waals surface area contributed by atoms with Crippen molar-refractivity contribution in [3.8, 4) is 11.1 Å². The second-order valence-electron chi connectivity index (χ2n) is 5.38. The minimum atomic E-state index is 0.117. The number of rotatable bonds is 3. The maximum absolute atomic E-state index is 11.3. The zero-order valence-electron chi connectivity index (χ0n) is 11.2. The van der Waals surface area contributed by atoms with Gasteiger partial charge in [-0.3, -0.25) is 4.79 Å². The first-order valence-corrected chi connectivity index (χ1v) is 6.95. The minimum Gasteiger partial charge on any atom is -0.295 e. The molecule has 1 fully saturated rings. The summed E-state index contributed by atoms with van der Waals surface area (Å²) in [5.41, 5.74) is 4.63. The fraction of sp³-hybridized carbons (Fsp3) is 0.278. The van der Waals surface area contributed by atoms with Crippen LogP contribution in [-0.4, -0.2) is 5.78 Å². The Hall–Kier alpha value is -1.89. The van der Waals surface area contributed by atoms with E-state index in [2.05, 4.69) is 24.3 Å². The van der Waals surface area contributed by atoms with Crippen molar-refractivity contribution in [1.82, 2.24) is 0 Å². The number of carbonyl (C=O) groups excluding carboxylic acids is 1. The van der Waals surface area contributed by atoms with Gasteiger partial charge in [-0.15, -0.1) is 0 Å². The van der Waals surface area contributed by atoms with Gasteiger partial charge in [-0.25, -0.2) is 0 Å². The molecule has 0 aromatic heterocycles. The fourth-order valence-electron chi connectivity index (χ4n) is 2.59. The highest BCUT2D eigenvalue weighted by atomic mass is 16.1. The molecule has 0 heterocycles. The molecule has 1 heteroatoms. The van der Waals surface area contributed by atoms with Crippen molar-refractivity contribution in [2.75, 3.05) is 0 Å². The molecule has 1 aliphatic carbocycles. The summed E-state index contributed by atoms with van der Waals surface area (Å²) in [4.78, 5) is 11.3. The normalized spacial score (nSPS) is 15.0. The second-order valence-corrected chi connectivity index (χ2v) is 5.38. The van der Waals surface area contributed by atoms with Crippen LogP contribution in [0.2, 0.25) is 0 Å². The highest BCUT2D eigenvalue weighted by Gasteiger charge is 2.18. The van der Waals surface area contributed by atoms with Crippen LogP contribution in [0.5, 0.6) is 0 Å². The number of ketones is 1. The Balaban J connectivity index is 1.83. The lowest BCUT2D eigenvalue weighted by molar-refractivity contribution is 0.101. The van der Waals surface area contributed by atoms with Gasteiger partial charge in [-0.2, -0.15) is 0 Å². The number of carbonyl (C=O) groups is 1. The van der Waals surface area contributed by atoms with Gasteiger partial charge in [-0.05, 0) is 42.4 Å². The fourth-order valence-corrected chi connectivity index (χ4v) is 2.59. The Morgan fingerprint density at radius 3 is 1.84 bits per heavy atom. The molecule has 0 saturated heterocycles. The maximum Gasteiger partial charge on any atom is 0.159 e. The summed E-state index contributed by atoms with van der Waals surface area (Å²) >= 11 is 0. The topological polar surface area (TPSA) is 17.1 Å². The van der Waals surface area contributed by atoms with Gasteiger partial charge in [0, 0.05) is 5.56 Å². The average Bonchev–Trinajstić information content (AvgIpc) is 2.38. The first-order chi connectivity index (χ1) is 9.24. The molecular weight excluding hydrogens is 232 g/mol. The molecular formula is C18H18O. The average molecular weight is 250 g/mol. The highest BCUT2D eigenvalue weighted by molar-refractivity contribution is 5.94. The summed E-state index contributed by atoms with van der Waals surface area (Å²) in [7, 11) is 0. The second kappa shape index (κ2) is 5.00.